The topological polar surface area (TPSA) is 59.1 Å². The van der Waals surface area contributed by atoms with E-state index in [1.165, 1.54) is 6.08 Å². The average Bonchev–Trinajstić information content (AvgIpc) is 2.10. The summed E-state index contributed by atoms with van der Waals surface area (Å²) >= 11 is 5.74. The number of sulfonamides is 1. The Morgan fingerprint density at radius 2 is 2.33 bits per heavy atom. The molecule has 0 fully saturated rings. The van der Waals surface area contributed by atoms with Gasteiger partial charge in [0.1, 0.15) is 0 Å². The first-order valence-electron chi connectivity index (χ1n) is 4.18. The van der Waals surface area contributed by atoms with Gasteiger partial charge in [0.25, 0.3) is 0 Å². The number of aryl methyl sites for hydroxylation is 1. The lowest BCUT2D eigenvalue weighted by Crippen LogP contribution is -2.15. The molecule has 1 heterocycles. The maximum absolute atomic E-state index is 11.4. The van der Waals surface area contributed by atoms with E-state index in [4.69, 9.17) is 11.6 Å². The number of pyridine rings is 1. The molecule has 1 aromatic rings. The lowest BCUT2D eigenvalue weighted by Gasteiger charge is -2.07. The van der Waals surface area contributed by atoms with Crippen LogP contribution in [0.25, 0.3) is 0 Å². The van der Waals surface area contributed by atoms with E-state index < -0.39 is 10.0 Å². The molecule has 0 atom stereocenters. The van der Waals surface area contributed by atoms with Gasteiger partial charge in [0, 0.05) is 6.20 Å². The van der Waals surface area contributed by atoms with Crippen LogP contribution >= 0.6 is 11.6 Å². The Morgan fingerprint density at radius 3 is 2.93 bits per heavy atom. The zero-order valence-corrected chi connectivity index (χ0v) is 9.77. The maximum Gasteiger partial charge on any atom is 0.236 e. The Hall–Kier alpha value is -1.07. The summed E-state index contributed by atoms with van der Waals surface area (Å²) in [7, 11) is -3.42. The molecule has 1 rings (SSSR count). The van der Waals surface area contributed by atoms with E-state index in [9.17, 15) is 8.42 Å². The summed E-state index contributed by atoms with van der Waals surface area (Å²) in [5.74, 6) is -0.155. The highest BCUT2D eigenvalue weighted by molar-refractivity contribution is 7.92. The molecule has 1 aromatic heterocycles. The smallest absolute Gasteiger partial charge is 0.236 e. The number of rotatable bonds is 4. The van der Waals surface area contributed by atoms with Crippen molar-refractivity contribution in [1.82, 2.24) is 4.98 Å². The number of nitrogens with one attached hydrogen (secondary N) is 1. The largest absolute Gasteiger partial charge is 0.280 e. The van der Waals surface area contributed by atoms with Crippen molar-refractivity contribution >= 4 is 27.3 Å². The third kappa shape index (κ3) is 3.53. The second-order valence-electron chi connectivity index (χ2n) is 3.02. The quantitative estimate of drug-likeness (QED) is 0.653. The summed E-state index contributed by atoms with van der Waals surface area (Å²) in [6.45, 7) is 5.16. The monoisotopic (exact) mass is 246 g/mol. The van der Waals surface area contributed by atoms with Gasteiger partial charge in [-0.3, -0.25) is 4.72 Å². The molecule has 82 valence electrons. The van der Waals surface area contributed by atoms with Crippen LogP contribution in [0.2, 0.25) is 5.15 Å². The first-order chi connectivity index (χ1) is 6.94. The minimum Gasteiger partial charge on any atom is -0.280 e. The van der Waals surface area contributed by atoms with Gasteiger partial charge in [-0.2, -0.15) is 0 Å². The molecular weight excluding hydrogens is 236 g/mol. The Kier molecular flexibility index (Phi) is 3.71. The summed E-state index contributed by atoms with van der Waals surface area (Å²) in [5, 5.41) is 0.133. The molecule has 0 spiro atoms. The third-order valence-electron chi connectivity index (χ3n) is 1.58. The van der Waals surface area contributed by atoms with Gasteiger partial charge in [-0.25, -0.2) is 13.4 Å². The van der Waals surface area contributed by atoms with Gasteiger partial charge >= 0.3 is 0 Å². The zero-order valence-electron chi connectivity index (χ0n) is 8.20. The molecule has 0 bridgehead atoms. The summed E-state index contributed by atoms with van der Waals surface area (Å²) in [4.78, 5) is 3.84. The van der Waals surface area contributed by atoms with Gasteiger partial charge in [-0.1, -0.05) is 17.7 Å². The molecule has 0 aliphatic carbocycles. The number of hydrogen-bond acceptors (Lipinski definition) is 3. The van der Waals surface area contributed by atoms with Crippen LogP contribution in [0.15, 0.2) is 24.9 Å². The first-order valence-corrected chi connectivity index (χ1v) is 6.21. The lowest BCUT2D eigenvalue weighted by molar-refractivity contribution is 0.604. The molecule has 0 unspecified atom stereocenters. The van der Waals surface area contributed by atoms with Gasteiger partial charge in [0.2, 0.25) is 10.0 Å². The average molecular weight is 247 g/mol. The van der Waals surface area contributed by atoms with Crippen molar-refractivity contribution < 1.29 is 8.42 Å². The Labute approximate surface area is 94.0 Å². The van der Waals surface area contributed by atoms with Crippen LogP contribution in [0.3, 0.4) is 0 Å². The zero-order chi connectivity index (χ0) is 11.5. The fraction of sp³-hybridized carbons (Fsp3) is 0.222. The minimum absolute atomic E-state index is 0.133. The number of hydrogen-bond donors (Lipinski definition) is 1. The lowest BCUT2D eigenvalue weighted by atomic mass is 10.3. The van der Waals surface area contributed by atoms with E-state index in [0.717, 1.165) is 5.56 Å². The molecule has 0 aliphatic heterocycles. The van der Waals surface area contributed by atoms with E-state index in [-0.39, 0.29) is 10.9 Å². The van der Waals surface area contributed by atoms with Crippen LogP contribution in [-0.2, 0) is 10.0 Å². The van der Waals surface area contributed by atoms with Gasteiger partial charge < -0.3 is 0 Å². The third-order valence-corrected chi connectivity index (χ3v) is 3.09. The van der Waals surface area contributed by atoms with Crippen molar-refractivity contribution in [3.05, 3.63) is 35.6 Å². The number of anilines is 1. The number of halogens is 1. The Morgan fingerprint density at radius 1 is 1.67 bits per heavy atom. The van der Waals surface area contributed by atoms with Crippen LogP contribution in [0.1, 0.15) is 5.56 Å². The molecule has 0 aliphatic rings. The van der Waals surface area contributed by atoms with Crippen molar-refractivity contribution in [3.8, 4) is 0 Å². The van der Waals surface area contributed by atoms with Gasteiger partial charge in [-0.05, 0) is 18.6 Å². The predicted molar refractivity (Wildman–Crippen MR) is 61.6 cm³/mol. The molecule has 0 radical (unpaired) electrons. The van der Waals surface area contributed by atoms with E-state index >= 15 is 0 Å². The highest BCUT2D eigenvalue weighted by Crippen LogP contribution is 2.20. The van der Waals surface area contributed by atoms with Gasteiger partial charge in [-0.15, -0.1) is 6.58 Å². The Balaban J connectivity index is 2.99. The highest BCUT2D eigenvalue weighted by Gasteiger charge is 2.11. The second-order valence-corrected chi connectivity index (χ2v) is 5.15. The summed E-state index contributed by atoms with van der Waals surface area (Å²) in [6.07, 6.45) is 2.87. The van der Waals surface area contributed by atoms with Crippen molar-refractivity contribution in [2.24, 2.45) is 0 Å². The molecule has 4 nitrogen and oxygen atoms in total. The van der Waals surface area contributed by atoms with E-state index in [0.29, 0.717) is 5.69 Å². The first kappa shape index (κ1) is 12.0. The molecule has 0 aromatic carbocycles. The second kappa shape index (κ2) is 4.63. The van der Waals surface area contributed by atoms with Crippen molar-refractivity contribution in [2.45, 2.75) is 6.92 Å². The van der Waals surface area contributed by atoms with Crippen LogP contribution in [0.5, 0.6) is 0 Å². The van der Waals surface area contributed by atoms with Crippen LogP contribution < -0.4 is 4.72 Å². The molecule has 15 heavy (non-hydrogen) atoms. The number of aromatic nitrogens is 1. The molecular formula is C9H11ClN2O2S. The number of nitrogens with zero attached hydrogens (tertiary/aromatic N) is 1. The van der Waals surface area contributed by atoms with Gasteiger partial charge in [0.05, 0.1) is 11.4 Å². The van der Waals surface area contributed by atoms with Crippen LogP contribution in [-0.4, -0.2) is 19.2 Å². The fourth-order valence-corrected chi connectivity index (χ4v) is 2.08. The minimum atomic E-state index is -3.42. The van der Waals surface area contributed by atoms with Crippen molar-refractivity contribution in [2.75, 3.05) is 10.5 Å². The van der Waals surface area contributed by atoms with Gasteiger partial charge in [0.15, 0.2) is 5.15 Å². The summed E-state index contributed by atoms with van der Waals surface area (Å²) in [5.41, 5.74) is 1.12. The summed E-state index contributed by atoms with van der Waals surface area (Å²) in [6, 6.07) is 1.62. The highest BCUT2D eigenvalue weighted by atomic mass is 35.5. The molecule has 1 N–H and O–H groups in total. The van der Waals surface area contributed by atoms with E-state index in [2.05, 4.69) is 16.3 Å². The molecule has 0 saturated carbocycles. The fourth-order valence-electron chi connectivity index (χ4n) is 0.988. The normalized spacial score (nSPS) is 11.1. The molecule has 6 heteroatoms. The van der Waals surface area contributed by atoms with Crippen LogP contribution in [0.4, 0.5) is 5.69 Å². The Bertz CT molecular complexity index is 471. The summed E-state index contributed by atoms with van der Waals surface area (Å²) < 4.78 is 25.1. The molecule has 0 saturated heterocycles. The SMILES string of the molecule is C=CCS(=O)(=O)Nc1cc(C)cnc1Cl. The molecule has 0 amide bonds. The van der Waals surface area contributed by atoms with Crippen molar-refractivity contribution in [3.63, 3.8) is 0 Å². The van der Waals surface area contributed by atoms with Crippen LogP contribution in [0, 0.1) is 6.92 Å². The maximum atomic E-state index is 11.4. The van der Waals surface area contributed by atoms with E-state index in [1.54, 1.807) is 19.2 Å². The van der Waals surface area contributed by atoms with Crippen molar-refractivity contribution in [1.29, 1.82) is 0 Å². The predicted octanol–water partition coefficient (Wildman–Crippen LogP) is 1.97. The standard InChI is InChI=1S/C9H11ClN2O2S/c1-3-4-15(13,14)12-8-5-7(2)6-11-9(8)10/h3,5-6,12H,1,4H2,2H3. The van der Waals surface area contributed by atoms with E-state index in [1.807, 2.05) is 0 Å².